The zero-order valence-corrected chi connectivity index (χ0v) is 9.14. The number of hydrogen-bond acceptors (Lipinski definition) is 3. The highest BCUT2D eigenvalue weighted by atomic mass is 16.2. The molecule has 1 heterocycles. The van der Waals surface area contributed by atoms with E-state index in [1.54, 1.807) is 18.2 Å². The van der Waals surface area contributed by atoms with Crippen molar-refractivity contribution in [3.63, 3.8) is 0 Å². The average Bonchev–Trinajstić information content (AvgIpc) is 2.68. The van der Waals surface area contributed by atoms with Crippen LogP contribution in [0.15, 0.2) is 36.4 Å². The minimum Gasteiger partial charge on any atom is -0.355 e. The van der Waals surface area contributed by atoms with E-state index in [-0.39, 0.29) is 5.91 Å². The first-order valence-electron chi connectivity index (χ1n) is 5.02. The van der Waals surface area contributed by atoms with Gasteiger partial charge < -0.3 is 5.32 Å². The van der Waals surface area contributed by atoms with Crippen molar-refractivity contribution in [3.8, 4) is 0 Å². The van der Waals surface area contributed by atoms with Crippen molar-refractivity contribution in [2.45, 2.75) is 0 Å². The first-order chi connectivity index (χ1) is 8.13. The van der Waals surface area contributed by atoms with Gasteiger partial charge in [0.25, 0.3) is 17.7 Å². The van der Waals surface area contributed by atoms with Crippen LogP contribution in [-0.4, -0.2) is 24.8 Å². The zero-order valence-electron chi connectivity index (χ0n) is 9.14. The fourth-order valence-corrected chi connectivity index (χ4v) is 1.59. The topological polar surface area (TPSA) is 66.5 Å². The molecule has 2 rings (SSSR count). The number of carbonyl (C=O) groups excluding carboxylic acids is 3. The average molecular weight is 230 g/mol. The van der Waals surface area contributed by atoms with Crippen LogP contribution in [0.4, 0.5) is 5.69 Å². The van der Waals surface area contributed by atoms with Gasteiger partial charge in [0.05, 0.1) is 5.69 Å². The fraction of sp³-hybridized carbons (Fsp3) is 0.0833. The van der Waals surface area contributed by atoms with Crippen LogP contribution in [0.5, 0.6) is 0 Å². The molecular formula is C12H10N2O3. The molecule has 17 heavy (non-hydrogen) atoms. The van der Waals surface area contributed by atoms with Gasteiger partial charge in [0.2, 0.25) is 0 Å². The molecule has 0 saturated carbocycles. The van der Waals surface area contributed by atoms with Crippen molar-refractivity contribution in [2.75, 3.05) is 11.9 Å². The lowest BCUT2D eigenvalue weighted by Crippen LogP contribution is -2.30. The Bertz CT molecular complexity index is 516. The Labute approximate surface area is 97.7 Å². The third-order valence-corrected chi connectivity index (χ3v) is 2.40. The van der Waals surface area contributed by atoms with E-state index in [1.165, 1.54) is 25.3 Å². The second-order valence-electron chi connectivity index (χ2n) is 3.47. The van der Waals surface area contributed by atoms with Gasteiger partial charge in [-0.1, -0.05) is 6.07 Å². The van der Waals surface area contributed by atoms with E-state index in [0.717, 1.165) is 4.90 Å². The molecule has 0 saturated heterocycles. The van der Waals surface area contributed by atoms with Crippen LogP contribution in [0.2, 0.25) is 0 Å². The van der Waals surface area contributed by atoms with Crippen LogP contribution in [0.3, 0.4) is 0 Å². The lowest BCUT2D eigenvalue weighted by molar-refractivity contribution is -0.119. The Kier molecular flexibility index (Phi) is 2.74. The van der Waals surface area contributed by atoms with Gasteiger partial charge in [-0.3, -0.25) is 14.4 Å². The maximum atomic E-state index is 11.5. The minimum atomic E-state index is -0.399. The van der Waals surface area contributed by atoms with E-state index in [9.17, 15) is 14.4 Å². The summed E-state index contributed by atoms with van der Waals surface area (Å²) in [5.74, 6) is -1.06. The SMILES string of the molecule is CNC(=O)c1cccc(N2C(=O)C=CC2=O)c1. The second kappa shape index (κ2) is 4.21. The normalized spacial score (nSPS) is 14.3. The lowest BCUT2D eigenvalue weighted by atomic mass is 10.2. The van der Waals surface area contributed by atoms with Gasteiger partial charge in [-0.25, -0.2) is 4.90 Å². The van der Waals surface area contributed by atoms with Gasteiger partial charge in [0.1, 0.15) is 0 Å². The summed E-state index contributed by atoms with van der Waals surface area (Å²) in [6.45, 7) is 0. The van der Waals surface area contributed by atoms with Gasteiger partial charge in [0.15, 0.2) is 0 Å². The minimum absolute atomic E-state index is 0.265. The summed E-state index contributed by atoms with van der Waals surface area (Å²) in [7, 11) is 1.52. The highest BCUT2D eigenvalue weighted by molar-refractivity contribution is 6.28. The highest BCUT2D eigenvalue weighted by Crippen LogP contribution is 2.20. The monoisotopic (exact) mass is 230 g/mol. The lowest BCUT2D eigenvalue weighted by Gasteiger charge is -2.14. The molecule has 3 amide bonds. The van der Waals surface area contributed by atoms with E-state index < -0.39 is 11.8 Å². The van der Waals surface area contributed by atoms with Crippen LogP contribution in [0.1, 0.15) is 10.4 Å². The number of carbonyl (C=O) groups is 3. The molecule has 86 valence electrons. The molecule has 1 aromatic rings. The molecule has 5 heteroatoms. The number of nitrogens with one attached hydrogen (secondary N) is 1. The first-order valence-corrected chi connectivity index (χ1v) is 5.02. The van der Waals surface area contributed by atoms with Gasteiger partial charge >= 0.3 is 0 Å². The summed E-state index contributed by atoms with van der Waals surface area (Å²) < 4.78 is 0. The van der Waals surface area contributed by atoms with Gasteiger partial charge in [-0.2, -0.15) is 0 Å². The quantitative estimate of drug-likeness (QED) is 0.751. The van der Waals surface area contributed by atoms with Crippen molar-refractivity contribution >= 4 is 23.4 Å². The van der Waals surface area contributed by atoms with Crippen molar-refractivity contribution in [2.24, 2.45) is 0 Å². The molecule has 1 aliphatic rings. The summed E-state index contributed by atoms with van der Waals surface area (Å²) in [5, 5.41) is 2.48. The molecule has 5 nitrogen and oxygen atoms in total. The predicted molar refractivity (Wildman–Crippen MR) is 61.5 cm³/mol. The van der Waals surface area contributed by atoms with Gasteiger partial charge in [-0.15, -0.1) is 0 Å². The molecule has 0 radical (unpaired) electrons. The van der Waals surface area contributed by atoms with E-state index >= 15 is 0 Å². The fourth-order valence-electron chi connectivity index (χ4n) is 1.59. The number of nitrogens with zero attached hydrogens (tertiary/aromatic N) is 1. The predicted octanol–water partition coefficient (Wildman–Crippen LogP) is 0.476. The van der Waals surface area contributed by atoms with Crippen molar-refractivity contribution < 1.29 is 14.4 Å². The summed E-state index contributed by atoms with van der Waals surface area (Å²) >= 11 is 0. The molecule has 0 fully saturated rings. The molecule has 0 atom stereocenters. The van der Waals surface area contributed by atoms with Crippen molar-refractivity contribution in [3.05, 3.63) is 42.0 Å². The van der Waals surface area contributed by atoms with Crippen LogP contribution in [-0.2, 0) is 9.59 Å². The third-order valence-electron chi connectivity index (χ3n) is 2.40. The third kappa shape index (κ3) is 1.94. The summed E-state index contributed by atoms with van der Waals surface area (Å²) in [6.07, 6.45) is 2.41. The smallest absolute Gasteiger partial charge is 0.258 e. The molecule has 1 aromatic carbocycles. The van der Waals surface area contributed by atoms with Gasteiger partial charge in [0, 0.05) is 24.8 Å². The summed E-state index contributed by atoms with van der Waals surface area (Å²) in [6, 6.07) is 6.34. The standard InChI is InChI=1S/C12H10N2O3/c1-13-12(17)8-3-2-4-9(7-8)14-10(15)5-6-11(14)16/h2-7H,1H3,(H,13,17). The largest absolute Gasteiger partial charge is 0.355 e. The van der Waals surface area contributed by atoms with Crippen LogP contribution in [0, 0.1) is 0 Å². The number of rotatable bonds is 2. The Hall–Kier alpha value is -2.43. The van der Waals surface area contributed by atoms with E-state index in [4.69, 9.17) is 0 Å². The molecule has 0 unspecified atom stereocenters. The van der Waals surface area contributed by atoms with E-state index in [2.05, 4.69) is 5.32 Å². The van der Waals surface area contributed by atoms with Crippen molar-refractivity contribution in [1.82, 2.24) is 5.32 Å². The van der Waals surface area contributed by atoms with Crippen LogP contribution < -0.4 is 10.2 Å². The van der Waals surface area contributed by atoms with E-state index in [0.29, 0.717) is 11.3 Å². The summed E-state index contributed by atoms with van der Waals surface area (Å²) in [4.78, 5) is 35.4. The zero-order chi connectivity index (χ0) is 12.4. The number of hydrogen-bond donors (Lipinski definition) is 1. The summed E-state index contributed by atoms with van der Waals surface area (Å²) in [5.41, 5.74) is 0.795. The molecule has 0 aromatic heterocycles. The Balaban J connectivity index is 2.37. The molecule has 0 aliphatic carbocycles. The van der Waals surface area contributed by atoms with Crippen LogP contribution >= 0.6 is 0 Å². The maximum Gasteiger partial charge on any atom is 0.258 e. The van der Waals surface area contributed by atoms with E-state index in [1.807, 2.05) is 0 Å². The highest BCUT2D eigenvalue weighted by Gasteiger charge is 2.25. The Morgan fingerprint density at radius 3 is 2.41 bits per heavy atom. The molecule has 0 spiro atoms. The molecule has 1 aliphatic heterocycles. The van der Waals surface area contributed by atoms with Crippen LogP contribution in [0.25, 0.3) is 0 Å². The van der Waals surface area contributed by atoms with Gasteiger partial charge in [-0.05, 0) is 18.2 Å². The maximum absolute atomic E-state index is 11.5. The first kappa shape index (κ1) is 11.1. The Morgan fingerprint density at radius 1 is 1.18 bits per heavy atom. The molecule has 0 bridgehead atoms. The Morgan fingerprint density at radius 2 is 1.82 bits per heavy atom. The van der Waals surface area contributed by atoms with Crippen molar-refractivity contribution in [1.29, 1.82) is 0 Å². The number of imide groups is 1. The number of amides is 3. The molecule has 1 N–H and O–H groups in total. The number of anilines is 1. The second-order valence-corrected chi connectivity index (χ2v) is 3.47. The molecular weight excluding hydrogens is 220 g/mol. The number of benzene rings is 1.